The van der Waals surface area contributed by atoms with Crippen molar-refractivity contribution in [3.63, 3.8) is 0 Å². The van der Waals surface area contributed by atoms with Crippen LogP contribution in [0.25, 0.3) is 22.2 Å². The highest BCUT2D eigenvalue weighted by Crippen LogP contribution is 2.33. The lowest BCUT2D eigenvalue weighted by atomic mass is 10.1. The van der Waals surface area contributed by atoms with Crippen LogP contribution in [0.3, 0.4) is 0 Å². The fraction of sp³-hybridized carbons (Fsp3) is 0.382. The van der Waals surface area contributed by atoms with Gasteiger partial charge in [0.2, 0.25) is 17.7 Å². The van der Waals surface area contributed by atoms with Gasteiger partial charge < -0.3 is 23.6 Å². The van der Waals surface area contributed by atoms with E-state index in [1.807, 2.05) is 60.7 Å². The summed E-state index contributed by atoms with van der Waals surface area (Å²) in [5, 5.41) is 8.89. The Labute approximate surface area is 276 Å². The highest BCUT2D eigenvalue weighted by atomic mass is 79.9. The fourth-order valence-electron chi connectivity index (χ4n) is 4.94. The van der Waals surface area contributed by atoms with Gasteiger partial charge in [-0.3, -0.25) is 5.32 Å². The number of hydrogen-bond acceptors (Lipinski definition) is 8. The number of alkyl carbamates (subject to hydrolysis) is 1. The van der Waals surface area contributed by atoms with E-state index in [9.17, 15) is 9.59 Å². The molecule has 4 aromatic rings. The van der Waals surface area contributed by atoms with E-state index in [-0.39, 0.29) is 5.96 Å². The number of benzene rings is 3. The minimum absolute atomic E-state index is 0.00521. The van der Waals surface area contributed by atoms with E-state index in [1.165, 1.54) is 0 Å². The number of guanidine groups is 1. The van der Waals surface area contributed by atoms with E-state index >= 15 is 0 Å². The van der Waals surface area contributed by atoms with Crippen molar-refractivity contribution in [1.82, 2.24) is 20.4 Å². The van der Waals surface area contributed by atoms with Crippen molar-refractivity contribution >= 4 is 44.8 Å². The van der Waals surface area contributed by atoms with Crippen LogP contribution in [-0.4, -0.2) is 50.9 Å². The number of ether oxygens (including phenoxy) is 3. The highest BCUT2D eigenvalue weighted by Gasteiger charge is 2.35. The quantitative estimate of drug-likeness (QED) is 0.163. The first-order valence-electron chi connectivity index (χ1n) is 15.1. The molecule has 5 rings (SSSR count). The van der Waals surface area contributed by atoms with Crippen LogP contribution in [0.15, 0.2) is 74.7 Å². The summed E-state index contributed by atoms with van der Waals surface area (Å²) in [4.78, 5) is 35.9. The maximum absolute atomic E-state index is 12.7. The van der Waals surface area contributed by atoms with Gasteiger partial charge in [0.15, 0.2) is 0 Å². The number of nitrogens with one attached hydrogen (secondary N) is 1. The molecular formula is C34H38BrN5O6. The molecular weight excluding hydrogens is 654 g/mol. The SMILES string of the molecule is CC(C)(C)OC(=O)/N=C(/NC(=O)OC(C)(C)C)N1CCC[C@H]1c1nc(-c2ccc3cc(OCc4cccc(Br)c4)ccc3c2)no1. The zero-order chi connectivity index (χ0) is 33.1. The summed E-state index contributed by atoms with van der Waals surface area (Å²) in [7, 11) is 0. The van der Waals surface area contributed by atoms with Gasteiger partial charge >= 0.3 is 12.2 Å². The number of likely N-dealkylation sites (tertiary alicyclic amines) is 1. The van der Waals surface area contributed by atoms with Gasteiger partial charge in [0.25, 0.3) is 0 Å². The van der Waals surface area contributed by atoms with Crippen LogP contribution < -0.4 is 10.1 Å². The van der Waals surface area contributed by atoms with Crippen LogP contribution in [0.2, 0.25) is 0 Å². The number of rotatable bonds is 5. The third kappa shape index (κ3) is 8.84. The molecule has 2 amide bonds. The van der Waals surface area contributed by atoms with E-state index in [0.717, 1.165) is 38.5 Å². The Balaban J connectivity index is 1.34. The van der Waals surface area contributed by atoms with Crippen molar-refractivity contribution in [3.8, 4) is 17.1 Å². The molecule has 12 heteroatoms. The number of aliphatic imine (C=N–C) groups is 1. The second kappa shape index (κ2) is 13.5. The first kappa shape index (κ1) is 32.9. The Morgan fingerprint density at radius 3 is 2.48 bits per heavy atom. The Hall–Kier alpha value is -4.45. The van der Waals surface area contributed by atoms with Crippen molar-refractivity contribution in [2.24, 2.45) is 4.99 Å². The van der Waals surface area contributed by atoms with E-state index in [2.05, 4.69) is 31.4 Å². The van der Waals surface area contributed by atoms with Crippen LogP contribution >= 0.6 is 15.9 Å². The molecule has 11 nitrogen and oxygen atoms in total. The summed E-state index contributed by atoms with van der Waals surface area (Å²) in [6, 6.07) is 19.4. The topological polar surface area (TPSA) is 128 Å². The van der Waals surface area contributed by atoms with Gasteiger partial charge in [-0.2, -0.15) is 4.98 Å². The lowest BCUT2D eigenvalue weighted by molar-refractivity contribution is 0.0553. The molecule has 0 spiro atoms. The monoisotopic (exact) mass is 691 g/mol. The Bertz CT molecular complexity index is 1760. The van der Waals surface area contributed by atoms with Crippen molar-refractivity contribution in [3.05, 3.63) is 76.6 Å². The van der Waals surface area contributed by atoms with Crippen molar-refractivity contribution in [2.75, 3.05) is 6.54 Å². The smallest absolute Gasteiger partial charge is 0.437 e. The summed E-state index contributed by atoms with van der Waals surface area (Å²) in [5.74, 6) is 1.53. The normalized spacial score (nSPS) is 15.6. The van der Waals surface area contributed by atoms with Crippen molar-refractivity contribution in [1.29, 1.82) is 0 Å². The third-order valence-corrected chi connectivity index (χ3v) is 7.31. The Morgan fingerprint density at radius 2 is 1.74 bits per heavy atom. The number of halogens is 1. The molecule has 1 aromatic heterocycles. The first-order valence-corrected chi connectivity index (χ1v) is 15.9. The standard InChI is InChI=1S/C34H38BrN5O6/c1-33(2,3)44-31(41)37-30(38-32(42)45-34(4,5)6)40-16-8-11-27(40)29-36-28(39-46-29)24-13-12-23-19-26(15-14-22(23)18-24)43-20-21-9-7-10-25(35)17-21/h7,9-10,12-15,17-19,27H,8,11,16,20H2,1-6H3,(H,37,38,41,42)/t27-/m0/s1. The van der Waals surface area contributed by atoms with Crippen molar-refractivity contribution in [2.45, 2.75) is 78.2 Å². The number of aromatic nitrogens is 2. The van der Waals surface area contributed by atoms with E-state index in [0.29, 0.717) is 31.3 Å². The van der Waals surface area contributed by atoms with E-state index in [4.69, 9.17) is 23.7 Å². The molecule has 0 aliphatic carbocycles. The number of carbonyl (C=O) groups excluding carboxylic acids is 2. The van der Waals surface area contributed by atoms with Gasteiger partial charge in [0.05, 0.1) is 0 Å². The molecule has 1 atom stereocenters. The van der Waals surface area contributed by atoms with Crippen LogP contribution in [0, 0.1) is 0 Å². The van der Waals surface area contributed by atoms with Crippen LogP contribution in [0.4, 0.5) is 9.59 Å². The maximum atomic E-state index is 12.7. The average molecular weight is 693 g/mol. The maximum Gasteiger partial charge on any atom is 0.437 e. The molecule has 1 aliphatic rings. The molecule has 0 unspecified atom stereocenters. The largest absolute Gasteiger partial charge is 0.489 e. The third-order valence-electron chi connectivity index (χ3n) is 6.82. The van der Waals surface area contributed by atoms with Gasteiger partial charge in [-0.1, -0.05) is 51.4 Å². The molecule has 1 N–H and O–H groups in total. The average Bonchev–Trinajstić information content (AvgIpc) is 3.64. The van der Waals surface area contributed by atoms with Crippen LogP contribution in [0.5, 0.6) is 5.75 Å². The van der Waals surface area contributed by atoms with Crippen LogP contribution in [0.1, 0.15) is 71.9 Å². The summed E-state index contributed by atoms with van der Waals surface area (Å²) >= 11 is 3.49. The van der Waals surface area contributed by atoms with E-state index in [1.54, 1.807) is 46.4 Å². The molecule has 1 fully saturated rings. The van der Waals surface area contributed by atoms with E-state index < -0.39 is 29.4 Å². The summed E-state index contributed by atoms with van der Waals surface area (Å²) in [5.41, 5.74) is 0.338. The van der Waals surface area contributed by atoms with Gasteiger partial charge in [0.1, 0.15) is 29.6 Å². The zero-order valence-electron chi connectivity index (χ0n) is 26.8. The Kier molecular flexibility index (Phi) is 9.66. The fourth-order valence-corrected chi connectivity index (χ4v) is 5.39. The summed E-state index contributed by atoms with van der Waals surface area (Å²) in [6.45, 7) is 11.4. The molecule has 1 saturated heterocycles. The number of fused-ring (bicyclic) bond motifs is 1. The zero-order valence-corrected chi connectivity index (χ0v) is 28.4. The van der Waals surface area contributed by atoms with Gasteiger partial charge in [-0.05, 0) is 101 Å². The highest BCUT2D eigenvalue weighted by molar-refractivity contribution is 9.10. The molecule has 2 heterocycles. The molecule has 242 valence electrons. The second-order valence-corrected chi connectivity index (χ2v) is 13.9. The van der Waals surface area contributed by atoms with Gasteiger partial charge in [0, 0.05) is 16.6 Å². The number of carbonyl (C=O) groups is 2. The number of amides is 2. The molecule has 3 aromatic carbocycles. The second-order valence-electron chi connectivity index (χ2n) is 13.0. The molecule has 0 bridgehead atoms. The number of hydrogen-bond donors (Lipinski definition) is 1. The Morgan fingerprint density at radius 1 is 1.00 bits per heavy atom. The minimum Gasteiger partial charge on any atom is -0.489 e. The van der Waals surface area contributed by atoms with Crippen molar-refractivity contribution < 1.29 is 28.3 Å². The van der Waals surface area contributed by atoms with Gasteiger partial charge in [-0.15, -0.1) is 4.99 Å². The first-order chi connectivity index (χ1) is 21.7. The molecule has 0 saturated carbocycles. The predicted molar refractivity (Wildman–Crippen MR) is 177 cm³/mol. The molecule has 1 aliphatic heterocycles. The summed E-state index contributed by atoms with van der Waals surface area (Å²) in [6.07, 6.45) is -0.197. The molecule has 46 heavy (non-hydrogen) atoms. The summed E-state index contributed by atoms with van der Waals surface area (Å²) < 4.78 is 23.6. The lowest BCUT2D eigenvalue weighted by Gasteiger charge is -2.27. The lowest BCUT2D eigenvalue weighted by Crippen LogP contribution is -2.46. The number of nitrogens with zero attached hydrogens (tertiary/aromatic N) is 4. The molecule has 0 radical (unpaired) electrons. The minimum atomic E-state index is -0.840. The predicted octanol–water partition coefficient (Wildman–Crippen LogP) is 8.18. The van der Waals surface area contributed by atoms with Gasteiger partial charge in [-0.25, -0.2) is 9.59 Å². The van der Waals surface area contributed by atoms with Crippen LogP contribution in [-0.2, 0) is 16.1 Å².